The molecule has 4 atom stereocenters. The van der Waals surface area contributed by atoms with Crippen LogP contribution in [-0.2, 0) is 4.79 Å². The summed E-state index contributed by atoms with van der Waals surface area (Å²) in [6, 6.07) is 7.62. The van der Waals surface area contributed by atoms with E-state index in [1.54, 1.807) is 4.90 Å². The van der Waals surface area contributed by atoms with Crippen molar-refractivity contribution in [1.29, 1.82) is 0 Å². The van der Waals surface area contributed by atoms with Crippen LogP contribution in [0.3, 0.4) is 0 Å². The van der Waals surface area contributed by atoms with Crippen molar-refractivity contribution in [3.8, 4) is 0 Å². The van der Waals surface area contributed by atoms with Crippen molar-refractivity contribution in [2.75, 3.05) is 6.54 Å². The number of carbonyl (C=O) groups excluding carboxylic acids is 1. The molecule has 2 heterocycles. The first-order chi connectivity index (χ1) is 11.0. The van der Waals surface area contributed by atoms with Gasteiger partial charge in [0.05, 0.1) is 10.2 Å². The van der Waals surface area contributed by atoms with Gasteiger partial charge in [0.1, 0.15) is 11.1 Å². The Bertz CT molecular complexity index is 669. The van der Waals surface area contributed by atoms with Gasteiger partial charge in [0, 0.05) is 12.6 Å². The van der Waals surface area contributed by atoms with Crippen LogP contribution in [0.2, 0.25) is 0 Å². The average Bonchev–Trinajstić information content (AvgIpc) is 2.99. The van der Waals surface area contributed by atoms with E-state index in [2.05, 4.69) is 11.9 Å². The minimum Gasteiger partial charge on any atom is -0.383 e. The summed E-state index contributed by atoms with van der Waals surface area (Å²) in [5.74, 6) is 0.0118. The van der Waals surface area contributed by atoms with Gasteiger partial charge in [0.2, 0.25) is 0 Å². The van der Waals surface area contributed by atoms with Gasteiger partial charge >= 0.3 is 0 Å². The number of piperidine rings is 1. The van der Waals surface area contributed by atoms with E-state index in [0.29, 0.717) is 17.5 Å². The number of aliphatic hydroxyl groups is 2. The third kappa shape index (κ3) is 3.24. The highest BCUT2D eigenvalue weighted by atomic mass is 32.1. The molecule has 2 N–H and O–H groups in total. The molecule has 1 aromatic heterocycles. The summed E-state index contributed by atoms with van der Waals surface area (Å²) in [5.41, 5.74) is 0.770. The van der Waals surface area contributed by atoms with Gasteiger partial charge in [-0.1, -0.05) is 19.1 Å². The van der Waals surface area contributed by atoms with E-state index in [0.717, 1.165) is 23.1 Å². The summed E-state index contributed by atoms with van der Waals surface area (Å²) >= 11 is 1.31. The van der Waals surface area contributed by atoms with Gasteiger partial charge in [0.25, 0.3) is 5.91 Å². The number of hydrogen-bond donors (Lipinski definition) is 2. The summed E-state index contributed by atoms with van der Waals surface area (Å²) < 4.78 is 0.932. The van der Waals surface area contributed by atoms with Crippen molar-refractivity contribution in [2.24, 2.45) is 5.92 Å². The van der Waals surface area contributed by atoms with Crippen molar-refractivity contribution in [3.05, 3.63) is 29.3 Å². The summed E-state index contributed by atoms with van der Waals surface area (Å²) in [4.78, 5) is 18.6. The van der Waals surface area contributed by atoms with Crippen LogP contribution in [0.1, 0.15) is 37.8 Å². The third-order valence-electron chi connectivity index (χ3n) is 4.52. The van der Waals surface area contributed by atoms with Crippen LogP contribution in [-0.4, -0.2) is 44.7 Å². The molecule has 0 spiro atoms. The smallest absolute Gasteiger partial charge is 0.254 e. The van der Waals surface area contributed by atoms with Crippen molar-refractivity contribution in [3.63, 3.8) is 0 Å². The van der Waals surface area contributed by atoms with Crippen LogP contribution in [0.4, 0.5) is 0 Å². The number of thiazole rings is 1. The Kier molecular flexibility index (Phi) is 4.66. The topological polar surface area (TPSA) is 73.7 Å². The minimum atomic E-state index is -1.47. The predicted octanol–water partition coefficient (Wildman–Crippen LogP) is 2.34. The van der Waals surface area contributed by atoms with E-state index in [1.165, 1.54) is 11.3 Å². The summed E-state index contributed by atoms with van der Waals surface area (Å²) in [6.45, 7) is 4.71. The number of amides is 1. The lowest BCUT2D eigenvalue weighted by Gasteiger charge is -2.38. The molecule has 4 unspecified atom stereocenters. The first-order valence-corrected chi connectivity index (χ1v) is 8.81. The van der Waals surface area contributed by atoms with Crippen LogP contribution in [0.5, 0.6) is 0 Å². The molecule has 5 nitrogen and oxygen atoms in total. The van der Waals surface area contributed by atoms with Crippen molar-refractivity contribution < 1.29 is 15.0 Å². The standard InChI is InChI=1S/C17H22N2O3S/c1-10-7-8-11(2)19(9-10)17(22)15(21)14(20)16-18-12-5-3-4-6-13(12)23-16/h3-6,10-11,14-15,20-21H,7-9H2,1-2H3. The molecule has 1 aromatic carbocycles. The van der Waals surface area contributed by atoms with Gasteiger partial charge in [-0.15, -0.1) is 11.3 Å². The average molecular weight is 334 g/mol. The second-order valence-electron chi connectivity index (χ2n) is 6.43. The van der Waals surface area contributed by atoms with E-state index >= 15 is 0 Å². The quantitative estimate of drug-likeness (QED) is 0.903. The van der Waals surface area contributed by atoms with Gasteiger partial charge in [0.15, 0.2) is 6.10 Å². The maximum Gasteiger partial charge on any atom is 0.254 e. The van der Waals surface area contributed by atoms with E-state index in [-0.39, 0.29) is 6.04 Å². The lowest BCUT2D eigenvalue weighted by atomic mass is 9.94. The zero-order valence-electron chi connectivity index (χ0n) is 13.3. The number of nitrogens with zero attached hydrogens (tertiary/aromatic N) is 2. The van der Waals surface area contributed by atoms with Gasteiger partial charge < -0.3 is 15.1 Å². The molecule has 1 aliphatic rings. The van der Waals surface area contributed by atoms with Crippen LogP contribution in [0.15, 0.2) is 24.3 Å². The van der Waals surface area contributed by atoms with Gasteiger partial charge in [-0.2, -0.15) is 0 Å². The second-order valence-corrected chi connectivity index (χ2v) is 7.49. The molecule has 0 saturated carbocycles. The fraction of sp³-hybridized carbons (Fsp3) is 0.529. The van der Waals surface area contributed by atoms with E-state index in [4.69, 9.17) is 0 Å². The molecule has 23 heavy (non-hydrogen) atoms. The van der Waals surface area contributed by atoms with Crippen molar-refractivity contribution in [2.45, 2.75) is 44.9 Å². The molecule has 124 valence electrons. The number of para-hydroxylation sites is 1. The monoisotopic (exact) mass is 334 g/mol. The number of rotatable bonds is 3. The van der Waals surface area contributed by atoms with E-state index < -0.39 is 18.1 Å². The Balaban J connectivity index is 1.78. The molecular weight excluding hydrogens is 312 g/mol. The van der Waals surface area contributed by atoms with Gasteiger partial charge in [-0.3, -0.25) is 4.79 Å². The predicted molar refractivity (Wildman–Crippen MR) is 90.2 cm³/mol. The Labute approximate surface area is 139 Å². The van der Waals surface area contributed by atoms with Crippen LogP contribution in [0.25, 0.3) is 10.2 Å². The van der Waals surface area contributed by atoms with Gasteiger partial charge in [-0.05, 0) is 37.8 Å². The largest absolute Gasteiger partial charge is 0.383 e. The SMILES string of the molecule is CC1CCC(C)N(C(=O)C(O)C(O)c2nc3ccccc3s2)C1. The van der Waals surface area contributed by atoms with Gasteiger partial charge in [-0.25, -0.2) is 4.98 Å². The lowest BCUT2D eigenvalue weighted by molar-refractivity contribution is -0.150. The fourth-order valence-corrected chi connectivity index (χ4v) is 4.04. The minimum absolute atomic E-state index is 0.0934. The van der Waals surface area contributed by atoms with Crippen LogP contribution < -0.4 is 0 Å². The molecule has 1 fully saturated rings. The zero-order chi connectivity index (χ0) is 16.6. The summed E-state index contributed by atoms with van der Waals surface area (Å²) in [5, 5.41) is 21.1. The summed E-state index contributed by atoms with van der Waals surface area (Å²) in [6.07, 6.45) is -0.745. The molecule has 0 aliphatic carbocycles. The molecule has 0 bridgehead atoms. The number of benzene rings is 1. The molecule has 0 radical (unpaired) electrons. The normalized spacial score (nSPS) is 24.6. The van der Waals surface area contributed by atoms with Crippen LogP contribution in [0, 0.1) is 5.92 Å². The molecule has 1 amide bonds. The molecule has 3 rings (SSSR count). The highest BCUT2D eigenvalue weighted by molar-refractivity contribution is 7.18. The Hall–Kier alpha value is -1.50. The molecule has 6 heteroatoms. The highest BCUT2D eigenvalue weighted by Crippen LogP contribution is 2.30. The number of fused-ring (bicyclic) bond motifs is 1. The Morgan fingerprint density at radius 3 is 2.78 bits per heavy atom. The van der Waals surface area contributed by atoms with Crippen molar-refractivity contribution >= 4 is 27.5 Å². The fourth-order valence-electron chi connectivity index (χ4n) is 3.05. The molecule has 2 aromatic rings. The third-order valence-corrected chi connectivity index (χ3v) is 5.62. The van der Waals surface area contributed by atoms with Crippen LogP contribution >= 0.6 is 11.3 Å². The molecule has 1 aliphatic heterocycles. The Morgan fingerprint density at radius 2 is 2.04 bits per heavy atom. The van der Waals surface area contributed by atoms with Crippen molar-refractivity contribution in [1.82, 2.24) is 9.88 Å². The molecule has 1 saturated heterocycles. The number of aromatic nitrogens is 1. The van der Waals surface area contributed by atoms with E-state index in [9.17, 15) is 15.0 Å². The second kappa shape index (κ2) is 6.55. The highest BCUT2D eigenvalue weighted by Gasteiger charge is 2.35. The number of hydrogen-bond acceptors (Lipinski definition) is 5. The number of aliphatic hydroxyl groups excluding tert-OH is 2. The summed E-state index contributed by atoms with van der Waals surface area (Å²) in [7, 11) is 0. The first-order valence-electron chi connectivity index (χ1n) is 7.99. The number of carbonyl (C=O) groups is 1. The lowest BCUT2D eigenvalue weighted by Crippen LogP contribution is -2.50. The Morgan fingerprint density at radius 1 is 1.30 bits per heavy atom. The maximum absolute atomic E-state index is 12.6. The molecular formula is C17H22N2O3S. The number of likely N-dealkylation sites (tertiary alicyclic amines) is 1. The maximum atomic E-state index is 12.6. The zero-order valence-corrected chi connectivity index (χ0v) is 14.2. The first kappa shape index (κ1) is 16.4. The van der Waals surface area contributed by atoms with E-state index in [1.807, 2.05) is 31.2 Å².